The van der Waals surface area contributed by atoms with Crippen LogP contribution < -0.4 is 15.7 Å². The predicted octanol–water partition coefficient (Wildman–Crippen LogP) is 2.47. The Balaban J connectivity index is 2.75. The number of hydrogen-bond acceptors (Lipinski definition) is 7. The van der Waals surface area contributed by atoms with Crippen molar-refractivity contribution >= 4 is 48.7 Å². The molecular weight excluding hydrogens is 473 g/mol. The first-order valence-electron chi connectivity index (χ1n) is 10.0. The molecule has 0 saturated heterocycles. The lowest BCUT2D eigenvalue weighted by molar-refractivity contribution is -0.138. The van der Waals surface area contributed by atoms with E-state index in [0.717, 1.165) is 11.8 Å². The summed E-state index contributed by atoms with van der Waals surface area (Å²) < 4.78 is 18.4. The molecule has 2 amide bonds. The normalized spacial score (nSPS) is 13.6. The molecule has 1 aromatic carbocycles. The Labute approximate surface area is 195 Å². The summed E-state index contributed by atoms with van der Waals surface area (Å²) >= 11 is 1.07. The third kappa shape index (κ3) is 12.7. The molecule has 5 N–H and O–H groups in total. The van der Waals surface area contributed by atoms with Crippen LogP contribution in [0.2, 0.25) is 0 Å². The summed E-state index contributed by atoms with van der Waals surface area (Å²) in [6, 6.07) is 7.75. The Hall–Kier alpha value is -2.82. The van der Waals surface area contributed by atoms with Crippen LogP contribution in [0.5, 0.6) is 0 Å². The van der Waals surface area contributed by atoms with Gasteiger partial charge in [-0.2, -0.15) is 0 Å². The molecule has 13 heteroatoms. The smallest absolute Gasteiger partial charge is 0.322 e. The number of rotatable bonds is 16. The topological polar surface area (TPSA) is 171 Å². The first-order valence-corrected chi connectivity index (χ1v) is 12.8. The summed E-state index contributed by atoms with van der Waals surface area (Å²) in [5.41, 5.74) is 0.600. The molecule has 0 aliphatic carbocycles. The van der Waals surface area contributed by atoms with Crippen LogP contribution in [-0.2, 0) is 28.3 Å². The molecule has 1 rings (SSSR count). The second-order valence-electron chi connectivity index (χ2n) is 6.59. The van der Waals surface area contributed by atoms with Crippen LogP contribution in [0.15, 0.2) is 41.6 Å². The van der Waals surface area contributed by atoms with Crippen molar-refractivity contribution in [3.63, 3.8) is 0 Å². The molecule has 0 saturated carbocycles. The zero-order chi connectivity index (χ0) is 24.7. The summed E-state index contributed by atoms with van der Waals surface area (Å²) in [5.74, 6) is -2.17. The highest BCUT2D eigenvalue weighted by Crippen LogP contribution is 2.48. The fourth-order valence-corrected chi connectivity index (χ4v) is 5.05. The average Bonchev–Trinajstić information content (AvgIpc) is 2.74. The zero-order valence-corrected chi connectivity index (χ0v) is 19.8. The lowest BCUT2D eigenvalue weighted by Gasteiger charge is -2.18. The van der Waals surface area contributed by atoms with Crippen molar-refractivity contribution in [2.24, 2.45) is 0 Å². The summed E-state index contributed by atoms with van der Waals surface area (Å²) in [4.78, 5) is 45.6. The van der Waals surface area contributed by atoms with E-state index in [1.807, 2.05) is 6.07 Å². The molecule has 0 spiro atoms. The first-order chi connectivity index (χ1) is 15.6. The number of carboxylic acids is 2. The maximum Gasteiger partial charge on any atom is 0.322 e. The van der Waals surface area contributed by atoms with Crippen LogP contribution in [0.1, 0.15) is 26.2 Å². The Bertz CT molecular complexity index is 881. The van der Waals surface area contributed by atoms with Crippen molar-refractivity contribution in [3.8, 4) is 0 Å². The maximum atomic E-state index is 13.0. The Morgan fingerprint density at radius 2 is 1.82 bits per heavy atom. The Morgan fingerprint density at radius 3 is 2.42 bits per heavy atom. The number of thioether (sulfide) groups is 1. The number of aliphatic carboxylic acids is 2. The van der Waals surface area contributed by atoms with Gasteiger partial charge in [0.15, 0.2) is 0 Å². The van der Waals surface area contributed by atoms with Crippen molar-refractivity contribution in [2.45, 2.75) is 32.2 Å². The SMILES string of the molecule is CCOP(=O)(/C=C\SC[C@H](NC(=O)CCCC(=O)O)C(=O)NCC(=O)O)Nc1ccccc1. The summed E-state index contributed by atoms with van der Waals surface area (Å²) in [6.45, 7) is 1.27. The fraction of sp³-hybridized carbons (Fsp3) is 0.400. The van der Waals surface area contributed by atoms with Crippen LogP contribution in [0.3, 0.4) is 0 Å². The molecule has 0 bridgehead atoms. The van der Waals surface area contributed by atoms with Crippen LogP contribution in [-0.4, -0.2) is 58.9 Å². The van der Waals surface area contributed by atoms with Gasteiger partial charge in [0.2, 0.25) is 11.8 Å². The highest BCUT2D eigenvalue weighted by atomic mass is 32.2. The van der Waals surface area contributed by atoms with E-state index < -0.39 is 43.9 Å². The molecule has 0 aliphatic heterocycles. The maximum absolute atomic E-state index is 13.0. The van der Waals surface area contributed by atoms with Gasteiger partial charge >= 0.3 is 19.5 Å². The lowest BCUT2D eigenvalue weighted by Crippen LogP contribution is -2.49. The van der Waals surface area contributed by atoms with Crippen LogP contribution in [0.25, 0.3) is 0 Å². The molecule has 0 heterocycles. The van der Waals surface area contributed by atoms with Crippen molar-refractivity contribution in [3.05, 3.63) is 41.6 Å². The van der Waals surface area contributed by atoms with E-state index in [-0.39, 0.29) is 31.6 Å². The van der Waals surface area contributed by atoms with Crippen molar-refractivity contribution in [1.82, 2.24) is 10.6 Å². The summed E-state index contributed by atoms with van der Waals surface area (Å²) in [7, 11) is -3.38. The van der Waals surface area contributed by atoms with Gasteiger partial charge in [0, 0.05) is 30.1 Å². The molecule has 1 unspecified atom stereocenters. The van der Waals surface area contributed by atoms with E-state index >= 15 is 0 Å². The number of anilines is 1. The number of amides is 2. The number of carboxylic acid groups (broad SMARTS) is 2. The largest absolute Gasteiger partial charge is 0.481 e. The highest BCUT2D eigenvalue weighted by Gasteiger charge is 2.22. The molecule has 11 nitrogen and oxygen atoms in total. The predicted molar refractivity (Wildman–Crippen MR) is 125 cm³/mol. The molecule has 33 heavy (non-hydrogen) atoms. The molecular formula is C20H28N3O8PS. The van der Waals surface area contributed by atoms with Crippen molar-refractivity contribution in [2.75, 3.05) is 24.0 Å². The fourth-order valence-electron chi connectivity index (χ4n) is 2.41. The molecule has 182 valence electrons. The molecule has 0 aromatic heterocycles. The van der Waals surface area contributed by atoms with E-state index in [1.165, 1.54) is 11.2 Å². The first kappa shape index (κ1) is 28.2. The number of carbonyl (C=O) groups excluding carboxylic acids is 2. The van der Waals surface area contributed by atoms with Crippen LogP contribution >= 0.6 is 19.3 Å². The number of benzene rings is 1. The summed E-state index contributed by atoms with van der Waals surface area (Å²) in [5, 5.41) is 26.4. The van der Waals surface area contributed by atoms with Gasteiger partial charge in [-0.05, 0) is 30.9 Å². The van der Waals surface area contributed by atoms with E-state index in [2.05, 4.69) is 15.7 Å². The Morgan fingerprint density at radius 1 is 1.12 bits per heavy atom. The molecule has 1 aromatic rings. The van der Waals surface area contributed by atoms with Gasteiger partial charge in [0.1, 0.15) is 12.6 Å². The van der Waals surface area contributed by atoms with E-state index in [1.54, 1.807) is 31.2 Å². The number of carbonyl (C=O) groups is 4. The second kappa shape index (κ2) is 15.1. The third-order valence-electron chi connectivity index (χ3n) is 3.86. The quantitative estimate of drug-likeness (QED) is 0.212. The minimum atomic E-state index is -3.38. The van der Waals surface area contributed by atoms with Gasteiger partial charge in [0.05, 0.1) is 6.61 Å². The minimum Gasteiger partial charge on any atom is -0.481 e. The van der Waals surface area contributed by atoms with Crippen molar-refractivity contribution < 1.29 is 38.5 Å². The monoisotopic (exact) mass is 501 g/mol. The summed E-state index contributed by atoms with van der Waals surface area (Å²) in [6.07, 6.45) is -0.196. The molecule has 0 fully saturated rings. The third-order valence-corrected chi connectivity index (χ3v) is 6.67. The number of para-hydroxylation sites is 1. The van der Waals surface area contributed by atoms with Gasteiger partial charge in [-0.15, -0.1) is 11.8 Å². The number of nitrogens with one attached hydrogen (secondary N) is 3. The van der Waals surface area contributed by atoms with Crippen molar-refractivity contribution in [1.29, 1.82) is 0 Å². The van der Waals surface area contributed by atoms with Gasteiger partial charge < -0.3 is 30.5 Å². The van der Waals surface area contributed by atoms with E-state index in [4.69, 9.17) is 14.7 Å². The average molecular weight is 501 g/mol. The van der Waals surface area contributed by atoms with Gasteiger partial charge in [-0.3, -0.25) is 23.7 Å². The number of hydrogen-bond donors (Lipinski definition) is 5. The molecule has 2 atom stereocenters. The van der Waals surface area contributed by atoms with Gasteiger partial charge in [-0.25, -0.2) is 0 Å². The Kier molecular flexibility index (Phi) is 12.9. The zero-order valence-electron chi connectivity index (χ0n) is 18.1. The highest BCUT2D eigenvalue weighted by molar-refractivity contribution is 8.02. The minimum absolute atomic E-state index is 0.0179. The van der Waals surface area contributed by atoms with Gasteiger partial charge in [-0.1, -0.05) is 18.2 Å². The molecule has 0 radical (unpaired) electrons. The van der Waals surface area contributed by atoms with Crippen LogP contribution in [0, 0.1) is 0 Å². The van der Waals surface area contributed by atoms with Gasteiger partial charge in [0.25, 0.3) is 0 Å². The standard InChI is InChI=1S/C20H28N3O8PS/c1-2-31-32(30,23-15-7-4-3-5-8-15)11-12-33-14-16(20(29)21-13-19(27)28)22-17(24)9-6-10-18(25)26/h3-5,7-8,11-12,16H,2,6,9-10,13-14H2,1H3,(H,21,29)(H,22,24)(H,23,30)(H,25,26)(H,27,28)/b12-11-/t16-,32?/m0/s1. The van der Waals surface area contributed by atoms with E-state index in [9.17, 15) is 23.7 Å². The molecule has 0 aliphatic rings. The lowest BCUT2D eigenvalue weighted by atomic mass is 10.2. The van der Waals surface area contributed by atoms with E-state index in [0.29, 0.717) is 5.69 Å². The van der Waals surface area contributed by atoms with Crippen LogP contribution in [0.4, 0.5) is 5.69 Å². The second-order valence-corrected chi connectivity index (χ2v) is 9.50.